The minimum Gasteiger partial charge on any atom is -0.354 e. The summed E-state index contributed by atoms with van der Waals surface area (Å²) in [7, 11) is 0. The van der Waals surface area contributed by atoms with Gasteiger partial charge in [0.25, 0.3) is 0 Å². The van der Waals surface area contributed by atoms with Gasteiger partial charge in [-0.25, -0.2) is 0 Å². The summed E-state index contributed by atoms with van der Waals surface area (Å²) in [5, 5.41) is 3.53. The van der Waals surface area contributed by atoms with Crippen LogP contribution in [0.1, 0.15) is 39.2 Å². The molecule has 0 aromatic carbocycles. The van der Waals surface area contributed by atoms with Gasteiger partial charge in [0.2, 0.25) is 0 Å². The molecule has 86 valence electrons. The number of hydrogen-bond acceptors (Lipinski definition) is 1. The first-order valence-corrected chi connectivity index (χ1v) is 6.15. The Bertz CT molecular complexity index is 261. The number of aryl methyl sites for hydroxylation is 1. The van der Waals surface area contributed by atoms with E-state index in [4.69, 9.17) is 0 Å². The van der Waals surface area contributed by atoms with Crippen molar-refractivity contribution < 1.29 is 0 Å². The minimum atomic E-state index is 0.832. The zero-order valence-corrected chi connectivity index (χ0v) is 10.3. The third-order valence-electron chi connectivity index (χ3n) is 3.09. The van der Waals surface area contributed by atoms with E-state index in [1.54, 1.807) is 0 Å². The van der Waals surface area contributed by atoms with Gasteiger partial charge in [-0.15, -0.1) is 0 Å². The van der Waals surface area contributed by atoms with Crippen molar-refractivity contribution in [2.75, 3.05) is 6.54 Å². The quantitative estimate of drug-likeness (QED) is 0.729. The maximum absolute atomic E-state index is 3.53. The van der Waals surface area contributed by atoms with Gasteiger partial charge in [-0.05, 0) is 31.0 Å². The third kappa shape index (κ3) is 4.08. The van der Waals surface area contributed by atoms with E-state index in [1.165, 1.54) is 18.4 Å². The number of aromatic nitrogens is 1. The summed E-state index contributed by atoms with van der Waals surface area (Å²) in [6.07, 6.45) is 6.92. The highest BCUT2D eigenvalue weighted by atomic mass is 14.9. The third-order valence-corrected chi connectivity index (χ3v) is 3.09. The molecule has 0 aliphatic heterocycles. The second-order valence-corrected chi connectivity index (χ2v) is 4.16. The van der Waals surface area contributed by atoms with Crippen LogP contribution in [-0.4, -0.2) is 11.1 Å². The predicted octanol–water partition coefficient (Wildman–Crippen LogP) is 3.03. The van der Waals surface area contributed by atoms with Crippen LogP contribution in [0, 0.1) is 5.92 Å². The molecular formula is C13H24N2. The van der Waals surface area contributed by atoms with Crippen molar-refractivity contribution in [2.24, 2.45) is 5.92 Å². The van der Waals surface area contributed by atoms with Gasteiger partial charge < -0.3 is 9.88 Å². The molecule has 0 aliphatic carbocycles. The molecule has 0 saturated heterocycles. The molecular weight excluding hydrogens is 184 g/mol. The van der Waals surface area contributed by atoms with E-state index in [2.05, 4.69) is 49.1 Å². The van der Waals surface area contributed by atoms with Crippen LogP contribution in [0.5, 0.6) is 0 Å². The van der Waals surface area contributed by atoms with E-state index in [9.17, 15) is 0 Å². The Hall–Kier alpha value is -0.760. The summed E-state index contributed by atoms with van der Waals surface area (Å²) in [5.74, 6) is 0.832. The Morgan fingerprint density at radius 3 is 2.53 bits per heavy atom. The zero-order valence-electron chi connectivity index (χ0n) is 10.3. The Kier molecular flexibility index (Phi) is 5.48. The summed E-state index contributed by atoms with van der Waals surface area (Å²) in [6, 6.07) is 2.20. The topological polar surface area (TPSA) is 17.0 Å². The Morgan fingerprint density at radius 1 is 1.27 bits per heavy atom. The standard InChI is InChI=1S/C13H24N2/c1-4-12(5-2)9-14-10-13-7-8-15(6-3)11-13/h7-8,11-12,14H,4-6,9-10H2,1-3H3. The summed E-state index contributed by atoms with van der Waals surface area (Å²) < 4.78 is 2.22. The average molecular weight is 208 g/mol. The lowest BCUT2D eigenvalue weighted by Crippen LogP contribution is -2.21. The maximum Gasteiger partial charge on any atom is 0.0220 e. The zero-order chi connectivity index (χ0) is 11.1. The highest BCUT2D eigenvalue weighted by molar-refractivity contribution is 5.09. The lowest BCUT2D eigenvalue weighted by atomic mass is 10.0. The molecule has 0 bridgehead atoms. The van der Waals surface area contributed by atoms with Gasteiger partial charge in [-0.1, -0.05) is 26.7 Å². The van der Waals surface area contributed by atoms with E-state index in [1.807, 2.05) is 0 Å². The molecule has 0 spiro atoms. The molecule has 0 atom stereocenters. The number of nitrogens with one attached hydrogen (secondary N) is 1. The second kappa shape index (κ2) is 6.67. The molecule has 2 heteroatoms. The molecule has 0 aliphatic rings. The molecule has 1 rings (SSSR count). The van der Waals surface area contributed by atoms with Crippen LogP contribution in [-0.2, 0) is 13.1 Å². The number of hydrogen-bond donors (Lipinski definition) is 1. The Morgan fingerprint density at radius 2 is 2.00 bits per heavy atom. The van der Waals surface area contributed by atoms with Gasteiger partial charge in [-0.2, -0.15) is 0 Å². The Labute approximate surface area is 93.7 Å². The van der Waals surface area contributed by atoms with Crippen LogP contribution in [0.25, 0.3) is 0 Å². The SMILES string of the molecule is CCC(CC)CNCc1ccn(CC)c1. The van der Waals surface area contributed by atoms with Crippen molar-refractivity contribution >= 4 is 0 Å². The lowest BCUT2D eigenvalue weighted by Gasteiger charge is -2.12. The van der Waals surface area contributed by atoms with E-state index in [0.29, 0.717) is 0 Å². The minimum absolute atomic E-state index is 0.832. The van der Waals surface area contributed by atoms with Crippen LogP contribution < -0.4 is 5.32 Å². The highest BCUT2D eigenvalue weighted by Gasteiger charge is 2.02. The van der Waals surface area contributed by atoms with Crippen LogP contribution in [0.2, 0.25) is 0 Å². The molecule has 0 fully saturated rings. The molecule has 1 aromatic rings. The second-order valence-electron chi connectivity index (χ2n) is 4.16. The van der Waals surface area contributed by atoms with Gasteiger partial charge >= 0.3 is 0 Å². The molecule has 15 heavy (non-hydrogen) atoms. The number of nitrogens with zero attached hydrogens (tertiary/aromatic N) is 1. The summed E-state index contributed by atoms with van der Waals surface area (Å²) in [5.41, 5.74) is 1.39. The largest absolute Gasteiger partial charge is 0.354 e. The fourth-order valence-corrected chi connectivity index (χ4v) is 1.79. The van der Waals surface area contributed by atoms with Crippen molar-refractivity contribution in [3.05, 3.63) is 24.0 Å². The molecule has 0 unspecified atom stereocenters. The van der Waals surface area contributed by atoms with Gasteiger partial charge in [-0.3, -0.25) is 0 Å². The maximum atomic E-state index is 3.53. The van der Waals surface area contributed by atoms with Crippen molar-refractivity contribution in [3.8, 4) is 0 Å². The Balaban J connectivity index is 2.25. The van der Waals surface area contributed by atoms with E-state index >= 15 is 0 Å². The molecule has 1 N–H and O–H groups in total. The monoisotopic (exact) mass is 208 g/mol. The summed E-state index contributed by atoms with van der Waals surface area (Å²) in [4.78, 5) is 0. The molecule has 1 heterocycles. The van der Waals surface area contributed by atoms with Crippen molar-refractivity contribution in [3.63, 3.8) is 0 Å². The van der Waals surface area contributed by atoms with Crippen LogP contribution in [0.4, 0.5) is 0 Å². The first kappa shape index (κ1) is 12.3. The van der Waals surface area contributed by atoms with Gasteiger partial charge in [0.05, 0.1) is 0 Å². The molecule has 0 amide bonds. The van der Waals surface area contributed by atoms with Crippen LogP contribution in [0.15, 0.2) is 18.5 Å². The van der Waals surface area contributed by atoms with Gasteiger partial charge in [0.1, 0.15) is 0 Å². The van der Waals surface area contributed by atoms with Crippen molar-refractivity contribution in [2.45, 2.75) is 46.7 Å². The average Bonchev–Trinajstić information content (AvgIpc) is 2.72. The smallest absolute Gasteiger partial charge is 0.0220 e. The molecule has 1 aromatic heterocycles. The fourth-order valence-electron chi connectivity index (χ4n) is 1.79. The summed E-state index contributed by atoms with van der Waals surface area (Å²) in [6.45, 7) is 9.91. The fraction of sp³-hybridized carbons (Fsp3) is 0.692. The van der Waals surface area contributed by atoms with Crippen LogP contribution in [0.3, 0.4) is 0 Å². The van der Waals surface area contributed by atoms with Crippen molar-refractivity contribution in [1.82, 2.24) is 9.88 Å². The molecule has 2 nitrogen and oxygen atoms in total. The number of rotatable bonds is 7. The highest BCUT2D eigenvalue weighted by Crippen LogP contribution is 2.06. The molecule has 0 radical (unpaired) electrons. The normalized spacial score (nSPS) is 11.2. The predicted molar refractivity (Wildman–Crippen MR) is 65.9 cm³/mol. The van der Waals surface area contributed by atoms with Gasteiger partial charge in [0, 0.05) is 25.5 Å². The van der Waals surface area contributed by atoms with Crippen molar-refractivity contribution in [1.29, 1.82) is 0 Å². The first-order chi connectivity index (χ1) is 7.30. The van der Waals surface area contributed by atoms with E-state index < -0.39 is 0 Å². The lowest BCUT2D eigenvalue weighted by molar-refractivity contribution is 0.449. The first-order valence-electron chi connectivity index (χ1n) is 6.15. The van der Waals surface area contributed by atoms with Crippen LogP contribution >= 0.6 is 0 Å². The van der Waals surface area contributed by atoms with E-state index in [-0.39, 0.29) is 0 Å². The van der Waals surface area contributed by atoms with Gasteiger partial charge in [0.15, 0.2) is 0 Å². The summed E-state index contributed by atoms with van der Waals surface area (Å²) >= 11 is 0. The van der Waals surface area contributed by atoms with E-state index in [0.717, 1.165) is 25.6 Å². The molecule has 0 saturated carbocycles.